The number of phenols is 1. The number of methoxy groups -OCH3 is 1. The molecule has 0 unspecified atom stereocenters. The Balaban J connectivity index is 2.42. The minimum atomic E-state index is -0.714. The zero-order valence-electron chi connectivity index (χ0n) is 14.3. The van der Waals surface area contributed by atoms with Crippen molar-refractivity contribution in [2.24, 2.45) is 0 Å². The van der Waals surface area contributed by atoms with E-state index in [1.807, 2.05) is 6.92 Å². The summed E-state index contributed by atoms with van der Waals surface area (Å²) in [6.07, 6.45) is 1.67. The van der Waals surface area contributed by atoms with Gasteiger partial charge in [-0.25, -0.2) is 9.59 Å². The van der Waals surface area contributed by atoms with Crippen LogP contribution >= 0.6 is 15.9 Å². The zero-order chi connectivity index (χ0) is 18.6. The van der Waals surface area contributed by atoms with Crippen LogP contribution in [0.5, 0.6) is 11.5 Å². The number of phenolic OH excluding ortho intramolecular Hbond substituents is 1. The Hall–Kier alpha value is -2.22. The minimum absolute atomic E-state index is 0.0562. The molecule has 0 radical (unpaired) electrons. The average molecular weight is 413 g/mol. The molecule has 1 aliphatic heterocycles. The Bertz CT molecular complexity index is 717. The van der Waals surface area contributed by atoms with Crippen molar-refractivity contribution < 1.29 is 24.2 Å². The maximum absolute atomic E-state index is 12.5. The first-order valence-electron chi connectivity index (χ1n) is 7.90. The number of unbranched alkanes of at least 4 members (excludes halogenated alkanes) is 1. The number of carbonyl (C=O) groups excluding carboxylic acids is 2. The quantitative estimate of drug-likeness (QED) is 0.492. The van der Waals surface area contributed by atoms with Crippen molar-refractivity contribution in [1.29, 1.82) is 0 Å². The lowest BCUT2D eigenvalue weighted by Crippen LogP contribution is -2.45. The molecule has 25 heavy (non-hydrogen) atoms. The van der Waals surface area contributed by atoms with Crippen LogP contribution in [0.4, 0.5) is 4.79 Å². The first-order valence-corrected chi connectivity index (χ1v) is 8.70. The fraction of sp³-hybridized carbons (Fsp3) is 0.412. The van der Waals surface area contributed by atoms with Gasteiger partial charge in [-0.1, -0.05) is 13.3 Å². The van der Waals surface area contributed by atoms with E-state index < -0.39 is 18.0 Å². The monoisotopic (exact) mass is 412 g/mol. The summed E-state index contributed by atoms with van der Waals surface area (Å²) in [4.78, 5) is 24.4. The molecule has 2 amide bonds. The number of nitrogens with one attached hydrogen (secondary N) is 2. The number of halogens is 1. The van der Waals surface area contributed by atoms with E-state index in [1.54, 1.807) is 19.1 Å². The van der Waals surface area contributed by atoms with Crippen LogP contribution in [-0.2, 0) is 9.53 Å². The van der Waals surface area contributed by atoms with Gasteiger partial charge >= 0.3 is 12.0 Å². The van der Waals surface area contributed by atoms with Crippen LogP contribution in [0.3, 0.4) is 0 Å². The summed E-state index contributed by atoms with van der Waals surface area (Å²) >= 11 is 3.25. The number of carbonyl (C=O) groups is 2. The molecule has 1 aliphatic rings. The van der Waals surface area contributed by atoms with Crippen molar-refractivity contribution >= 4 is 27.9 Å². The molecule has 7 nitrogen and oxygen atoms in total. The topological polar surface area (TPSA) is 96.9 Å². The second-order valence-corrected chi connectivity index (χ2v) is 6.47. The highest BCUT2D eigenvalue weighted by molar-refractivity contribution is 9.10. The zero-order valence-corrected chi connectivity index (χ0v) is 15.9. The lowest BCUT2D eigenvalue weighted by molar-refractivity contribution is -0.139. The predicted molar refractivity (Wildman–Crippen MR) is 95.3 cm³/mol. The van der Waals surface area contributed by atoms with E-state index in [9.17, 15) is 14.7 Å². The van der Waals surface area contributed by atoms with Gasteiger partial charge in [-0.15, -0.1) is 0 Å². The summed E-state index contributed by atoms with van der Waals surface area (Å²) in [5, 5.41) is 15.3. The largest absolute Gasteiger partial charge is 0.503 e. The molecule has 1 aromatic carbocycles. The third-order valence-corrected chi connectivity index (χ3v) is 4.43. The predicted octanol–water partition coefficient (Wildman–Crippen LogP) is 3.13. The third kappa shape index (κ3) is 4.25. The molecular weight excluding hydrogens is 392 g/mol. The van der Waals surface area contributed by atoms with E-state index in [0.29, 0.717) is 27.9 Å². The van der Waals surface area contributed by atoms with E-state index in [2.05, 4.69) is 26.6 Å². The Morgan fingerprint density at radius 2 is 2.12 bits per heavy atom. The number of urea groups is 1. The second kappa shape index (κ2) is 8.24. The van der Waals surface area contributed by atoms with Gasteiger partial charge in [-0.2, -0.15) is 0 Å². The number of amides is 2. The van der Waals surface area contributed by atoms with Crippen LogP contribution in [0.15, 0.2) is 27.9 Å². The Morgan fingerprint density at radius 1 is 1.40 bits per heavy atom. The number of aromatic hydroxyl groups is 1. The summed E-state index contributed by atoms with van der Waals surface area (Å²) in [5.74, 6) is -0.320. The molecular formula is C17H21BrN2O5. The molecule has 0 spiro atoms. The van der Waals surface area contributed by atoms with Crippen molar-refractivity contribution in [3.8, 4) is 11.5 Å². The van der Waals surface area contributed by atoms with E-state index in [4.69, 9.17) is 9.47 Å². The number of ether oxygens (including phenoxy) is 2. The molecule has 1 aromatic rings. The number of allylic oxidation sites excluding steroid dienone is 1. The number of esters is 1. The number of hydrogen-bond donors (Lipinski definition) is 3. The SMILES string of the molecule is CCCCOC(=O)C1=C(C)NC(=O)N[C@H]1c1cc(Br)c(O)c(OC)c1. The molecule has 0 saturated carbocycles. The molecule has 0 aromatic heterocycles. The summed E-state index contributed by atoms with van der Waals surface area (Å²) in [7, 11) is 1.42. The molecule has 0 saturated heterocycles. The van der Waals surface area contributed by atoms with E-state index in [-0.39, 0.29) is 11.5 Å². The molecule has 8 heteroatoms. The molecule has 0 bridgehead atoms. The lowest BCUT2D eigenvalue weighted by Gasteiger charge is -2.28. The van der Waals surface area contributed by atoms with Crippen molar-refractivity contribution in [2.75, 3.05) is 13.7 Å². The van der Waals surface area contributed by atoms with Crippen LogP contribution in [0.2, 0.25) is 0 Å². The third-order valence-electron chi connectivity index (χ3n) is 3.82. The van der Waals surface area contributed by atoms with Crippen LogP contribution in [-0.4, -0.2) is 30.8 Å². The van der Waals surface area contributed by atoms with Crippen molar-refractivity contribution in [3.63, 3.8) is 0 Å². The van der Waals surface area contributed by atoms with E-state index >= 15 is 0 Å². The van der Waals surface area contributed by atoms with Crippen LogP contribution in [0, 0.1) is 0 Å². The summed E-state index contributed by atoms with van der Waals surface area (Å²) in [6, 6.07) is 2.06. The van der Waals surface area contributed by atoms with Gasteiger partial charge in [-0.05, 0) is 47.0 Å². The molecule has 136 valence electrons. The summed E-state index contributed by atoms with van der Waals surface area (Å²) in [6.45, 7) is 3.97. The van der Waals surface area contributed by atoms with Crippen molar-refractivity contribution in [2.45, 2.75) is 32.7 Å². The summed E-state index contributed by atoms with van der Waals surface area (Å²) < 4.78 is 10.8. The highest BCUT2D eigenvalue weighted by Crippen LogP contribution is 2.39. The Morgan fingerprint density at radius 3 is 2.76 bits per heavy atom. The van der Waals surface area contributed by atoms with E-state index in [1.165, 1.54) is 7.11 Å². The van der Waals surface area contributed by atoms with Gasteiger partial charge in [0.2, 0.25) is 0 Å². The Kier molecular flexibility index (Phi) is 6.30. The van der Waals surface area contributed by atoms with Crippen LogP contribution < -0.4 is 15.4 Å². The fourth-order valence-electron chi connectivity index (χ4n) is 2.52. The fourth-order valence-corrected chi connectivity index (χ4v) is 2.98. The maximum atomic E-state index is 12.5. The molecule has 1 heterocycles. The van der Waals surface area contributed by atoms with Crippen LogP contribution in [0.25, 0.3) is 0 Å². The molecule has 2 rings (SSSR count). The van der Waals surface area contributed by atoms with Gasteiger partial charge in [0.15, 0.2) is 11.5 Å². The van der Waals surface area contributed by atoms with Gasteiger partial charge in [0, 0.05) is 5.70 Å². The maximum Gasteiger partial charge on any atom is 0.338 e. The Labute approximate surface area is 154 Å². The summed E-state index contributed by atoms with van der Waals surface area (Å²) in [5.41, 5.74) is 1.33. The minimum Gasteiger partial charge on any atom is -0.503 e. The molecule has 1 atom stereocenters. The van der Waals surface area contributed by atoms with Crippen LogP contribution in [0.1, 0.15) is 38.3 Å². The standard InChI is InChI=1S/C17H21BrN2O5/c1-4-5-6-25-16(22)13-9(2)19-17(23)20-14(13)10-7-11(18)15(21)12(8-10)24-3/h7-8,14,21H,4-6H2,1-3H3,(H2,19,20,23)/t14-/m0/s1. The number of rotatable bonds is 6. The number of hydrogen-bond acceptors (Lipinski definition) is 5. The van der Waals surface area contributed by atoms with Crippen molar-refractivity contribution in [3.05, 3.63) is 33.4 Å². The molecule has 0 aliphatic carbocycles. The highest BCUT2D eigenvalue weighted by Gasteiger charge is 2.33. The van der Waals surface area contributed by atoms with Gasteiger partial charge in [0.05, 0.1) is 29.8 Å². The molecule has 3 N–H and O–H groups in total. The number of benzene rings is 1. The van der Waals surface area contributed by atoms with Gasteiger partial charge in [-0.3, -0.25) is 0 Å². The normalized spacial score (nSPS) is 17.0. The first-order chi connectivity index (χ1) is 11.9. The smallest absolute Gasteiger partial charge is 0.338 e. The van der Waals surface area contributed by atoms with Crippen molar-refractivity contribution in [1.82, 2.24) is 10.6 Å². The van der Waals surface area contributed by atoms with E-state index in [0.717, 1.165) is 12.8 Å². The van der Waals surface area contributed by atoms with Gasteiger partial charge < -0.3 is 25.2 Å². The van der Waals surface area contributed by atoms with Gasteiger partial charge in [0.25, 0.3) is 0 Å². The first kappa shape index (κ1) is 19.1. The second-order valence-electron chi connectivity index (χ2n) is 5.61. The lowest BCUT2D eigenvalue weighted by atomic mass is 9.95. The highest BCUT2D eigenvalue weighted by atomic mass is 79.9. The van der Waals surface area contributed by atoms with Gasteiger partial charge in [0.1, 0.15) is 0 Å². The molecule has 0 fully saturated rings. The average Bonchev–Trinajstić information content (AvgIpc) is 2.56.